The molecule has 3 aliphatic rings. The average molecular weight is 406 g/mol. The molecule has 0 amide bonds. The van der Waals surface area contributed by atoms with Gasteiger partial charge in [0.05, 0.1) is 18.9 Å². The highest BCUT2D eigenvalue weighted by molar-refractivity contribution is 6.02. The topological polar surface area (TPSA) is 37.3 Å². The van der Waals surface area contributed by atoms with E-state index in [1.54, 1.807) is 7.11 Å². The van der Waals surface area contributed by atoms with E-state index in [2.05, 4.69) is 60.2 Å². The number of hydrogen-bond acceptors (Lipinski definition) is 5. The molecule has 0 aromatic heterocycles. The van der Waals surface area contributed by atoms with Gasteiger partial charge >= 0.3 is 0 Å². The van der Waals surface area contributed by atoms with Crippen molar-refractivity contribution >= 4 is 5.71 Å². The maximum absolute atomic E-state index is 6.79. The molecular formula is C25H31N3O2. The normalized spacial score (nSPS) is 22.3. The summed E-state index contributed by atoms with van der Waals surface area (Å²) in [5.74, 6) is 1.73. The van der Waals surface area contributed by atoms with Gasteiger partial charge in [-0.15, -0.1) is 0 Å². The number of piperidine rings is 1. The molecule has 1 unspecified atom stereocenters. The lowest BCUT2D eigenvalue weighted by Crippen LogP contribution is -2.59. The summed E-state index contributed by atoms with van der Waals surface area (Å²) in [5, 5.41) is 7.46. The maximum Gasteiger partial charge on any atom is 0.200 e. The largest absolute Gasteiger partial charge is 0.493 e. The highest BCUT2D eigenvalue weighted by Gasteiger charge is 2.52. The van der Waals surface area contributed by atoms with Crippen LogP contribution in [0.15, 0.2) is 47.6 Å². The smallest absolute Gasteiger partial charge is 0.200 e. The predicted octanol–water partition coefficient (Wildman–Crippen LogP) is 4.75. The molecule has 0 radical (unpaired) electrons. The zero-order valence-electron chi connectivity index (χ0n) is 18.2. The number of hydrazone groups is 1. The van der Waals surface area contributed by atoms with Gasteiger partial charge in [0.2, 0.25) is 5.72 Å². The number of nitrogens with zero attached hydrogens (tertiary/aromatic N) is 3. The summed E-state index contributed by atoms with van der Waals surface area (Å²) in [6.45, 7) is 7.60. The Labute approximate surface area is 179 Å². The van der Waals surface area contributed by atoms with Crippen molar-refractivity contribution in [2.24, 2.45) is 5.10 Å². The first kappa shape index (κ1) is 19.4. The van der Waals surface area contributed by atoms with Crippen LogP contribution in [0.1, 0.15) is 55.3 Å². The molecule has 5 nitrogen and oxygen atoms in total. The minimum absolute atomic E-state index is 0.192. The monoisotopic (exact) mass is 405 g/mol. The number of fused-ring (bicyclic) bond motifs is 4. The third-order valence-corrected chi connectivity index (χ3v) is 6.77. The van der Waals surface area contributed by atoms with Crippen molar-refractivity contribution in [3.8, 4) is 11.5 Å². The number of methoxy groups -OCH3 is 1. The van der Waals surface area contributed by atoms with Gasteiger partial charge in [-0.05, 0) is 31.5 Å². The molecule has 1 spiro atoms. The van der Waals surface area contributed by atoms with Crippen LogP contribution in [0.2, 0.25) is 0 Å². The predicted molar refractivity (Wildman–Crippen MR) is 119 cm³/mol. The summed E-state index contributed by atoms with van der Waals surface area (Å²) in [5.41, 5.74) is 4.41. The fraction of sp³-hybridized carbons (Fsp3) is 0.480. The van der Waals surface area contributed by atoms with Gasteiger partial charge in [0.15, 0.2) is 11.5 Å². The Balaban J connectivity index is 1.54. The number of rotatable bonds is 4. The molecule has 1 fully saturated rings. The number of hydrogen-bond donors (Lipinski definition) is 0. The zero-order valence-corrected chi connectivity index (χ0v) is 18.2. The van der Waals surface area contributed by atoms with Crippen molar-refractivity contribution in [2.45, 2.75) is 51.3 Å². The van der Waals surface area contributed by atoms with Gasteiger partial charge in [-0.1, -0.05) is 48.9 Å². The average Bonchev–Trinajstić information content (AvgIpc) is 3.23. The van der Waals surface area contributed by atoms with Gasteiger partial charge in [-0.3, -0.25) is 0 Å². The standard InChI is InChI=1S/C25H31N3O2/c1-4-14-27-15-12-25(13-16-27)28-22(20-6-5-7-23(29-3)24(20)30-25)17-21(26-28)19-10-8-18(2)9-11-19/h5-11,22H,4,12-17H2,1-3H3. The SMILES string of the molecule is CCCN1CCC2(CC1)Oc1c(OC)cccc1C1CC(c3ccc(C)cc3)=NN12. The second-order valence-corrected chi connectivity index (χ2v) is 8.75. The van der Waals surface area contributed by atoms with Crippen molar-refractivity contribution in [3.63, 3.8) is 0 Å². The Morgan fingerprint density at radius 2 is 1.90 bits per heavy atom. The van der Waals surface area contributed by atoms with Crippen LogP contribution in [-0.2, 0) is 0 Å². The molecule has 5 heteroatoms. The highest BCUT2D eigenvalue weighted by Crippen LogP contribution is 2.52. The number of para-hydroxylation sites is 1. The molecule has 158 valence electrons. The molecule has 0 saturated carbocycles. The van der Waals surface area contributed by atoms with Gasteiger partial charge in [0.1, 0.15) is 0 Å². The molecule has 1 saturated heterocycles. The number of benzene rings is 2. The van der Waals surface area contributed by atoms with Crippen LogP contribution < -0.4 is 9.47 Å². The minimum atomic E-state index is -0.400. The Hall–Kier alpha value is -2.53. The molecule has 0 aliphatic carbocycles. The van der Waals surface area contributed by atoms with Crippen molar-refractivity contribution in [1.29, 1.82) is 0 Å². The van der Waals surface area contributed by atoms with Crippen molar-refractivity contribution in [1.82, 2.24) is 9.91 Å². The zero-order chi connectivity index (χ0) is 20.7. The molecule has 3 heterocycles. The Bertz CT molecular complexity index is 945. The lowest BCUT2D eigenvalue weighted by atomic mass is 9.90. The van der Waals surface area contributed by atoms with Crippen LogP contribution in [-0.4, -0.2) is 48.1 Å². The van der Waals surface area contributed by atoms with Gasteiger partial charge in [0.25, 0.3) is 0 Å². The molecule has 0 N–H and O–H groups in total. The van der Waals surface area contributed by atoms with E-state index < -0.39 is 5.72 Å². The van der Waals surface area contributed by atoms with Crippen molar-refractivity contribution < 1.29 is 9.47 Å². The van der Waals surface area contributed by atoms with E-state index in [1.165, 1.54) is 23.1 Å². The fourth-order valence-corrected chi connectivity index (χ4v) is 5.12. The first-order valence-electron chi connectivity index (χ1n) is 11.2. The van der Waals surface area contributed by atoms with E-state index in [4.69, 9.17) is 14.6 Å². The summed E-state index contributed by atoms with van der Waals surface area (Å²) >= 11 is 0. The first-order chi connectivity index (χ1) is 14.6. The van der Waals surface area contributed by atoms with Gasteiger partial charge < -0.3 is 14.4 Å². The van der Waals surface area contributed by atoms with Gasteiger partial charge in [0, 0.05) is 37.9 Å². The van der Waals surface area contributed by atoms with E-state index in [1.807, 2.05) is 6.07 Å². The van der Waals surface area contributed by atoms with E-state index >= 15 is 0 Å². The van der Waals surface area contributed by atoms with Gasteiger partial charge in [-0.2, -0.15) is 5.10 Å². The summed E-state index contributed by atoms with van der Waals surface area (Å²) in [6.07, 6.45) is 3.98. The molecule has 2 aromatic rings. The summed E-state index contributed by atoms with van der Waals surface area (Å²) in [4.78, 5) is 2.54. The fourth-order valence-electron chi connectivity index (χ4n) is 5.12. The summed E-state index contributed by atoms with van der Waals surface area (Å²) in [6, 6.07) is 15.1. The third-order valence-electron chi connectivity index (χ3n) is 6.77. The van der Waals surface area contributed by atoms with Crippen LogP contribution in [0.25, 0.3) is 0 Å². The van der Waals surface area contributed by atoms with Crippen LogP contribution in [0.3, 0.4) is 0 Å². The molecule has 30 heavy (non-hydrogen) atoms. The number of likely N-dealkylation sites (tertiary alicyclic amines) is 1. The van der Waals surface area contributed by atoms with E-state index in [0.29, 0.717) is 0 Å². The van der Waals surface area contributed by atoms with Crippen molar-refractivity contribution in [3.05, 3.63) is 59.2 Å². The summed E-state index contributed by atoms with van der Waals surface area (Å²) in [7, 11) is 1.73. The van der Waals surface area contributed by atoms with Crippen LogP contribution in [0.5, 0.6) is 11.5 Å². The van der Waals surface area contributed by atoms with Crippen molar-refractivity contribution in [2.75, 3.05) is 26.7 Å². The molecule has 3 aliphatic heterocycles. The second kappa shape index (κ2) is 7.62. The minimum Gasteiger partial charge on any atom is -0.493 e. The van der Waals surface area contributed by atoms with E-state index in [9.17, 15) is 0 Å². The quantitative estimate of drug-likeness (QED) is 0.736. The Morgan fingerprint density at radius 3 is 2.60 bits per heavy atom. The number of ether oxygens (including phenoxy) is 2. The van der Waals surface area contributed by atoms with E-state index in [-0.39, 0.29) is 6.04 Å². The van der Waals surface area contributed by atoms with Crippen LogP contribution >= 0.6 is 0 Å². The first-order valence-corrected chi connectivity index (χ1v) is 11.2. The van der Waals surface area contributed by atoms with Crippen LogP contribution in [0.4, 0.5) is 0 Å². The molecule has 0 bridgehead atoms. The maximum atomic E-state index is 6.79. The van der Waals surface area contributed by atoms with Gasteiger partial charge in [-0.25, -0.2) is 5.01 Å². The lowest BCUT2D eigenvalue weighted by molar-refractivity contribution is -0.150. The molecular weight excluding hydrogens is 374 g/mol. The van der Waals surface area contributed by atoms with E-state index in [0.717, 1.165) is 56.1 Å². The lowest BCUT2D eigenvalue weighted by Gasteiger charge is -2.51. The molecule has 2 aromatic carbocycles. The van der Waals surface area contributed by atoms with Crippen LogP contribution in [0, 0.1) is 6.92 Å². The highest BCUT2D eigenvalue weighted by atomic mass is 16.5. The molecule has 5 rings (SSSR count). The Kier molecular flexibility index (Phi) is 4.94. The second-order valence-electron chi connectivity index (χ2n) is 8.75. The Morgan fingerprint density at radius 1 is 1.13 bits per heavy atom. The summed E-state index contributed by atoms with van der Waals surface area (Å²) < 4.78 is 12.5. The number of aryl methyl sites for hydroxylation is 1. The molecule has 1 atom stereocenters. The third kappa shape index (κ3) is 3.16.